The average molecular weight is 327 g/mol. The van der Waals surface area contributed by atoms with Crippen LogP contribution in [0, 0.1) is 0 Å². The van der Waals surface area contributed by atoms with Crippen molar-refractivity contribution in [2.75, 3.05) is 51.5 Å². The smallest absolute Gasteiger partial charge is 0.241 e. The van der Waals surface area contributed by atoms with E-state index < -0.39 is 37.4 Å². The minimum Gasteiger partial charge on any atom is -0.347 e. The molecule has 1 amide bonds. The van der Waals surface area contributed by atoms with Crippen molar-refractivity contribution in [1.29, 1.82) is 0 Å². The van der Waals surface area contributed by atoms with Crippen molar-refractivity contribution >= 4 is 25.8 Å². The number of nitrogens with one attached hydrogen (secondary N) is 1. The number of hydrogen-bond donors (Lipinski definition) is 1. The van der Waals surface area contributed by atoms with Crippen LogP contribution < -0.4 is 5.32 Å². The van der Waals surface area contributed by atoms with Crippen LogP contribution in [0.1, 0.15) is 0 Å². The van der Waals surface area contributed by atoms with E-state index in [1.54, 1.807) is 14.1 Å². The number of likely N-dealkylation sites (N-methyl/N-ethyl adjacent to an activating group) is 1. The average Bonchev–Trinajstić information content (AvgIpc) is 2.35. The van der Waals surface area contributed by atoms with E-state index in [2.05, 4.69) is 5.32 Å². The molecule has 20 heavy (non-hydrogen) atoms. The lowest BCUT2D eigenvalue weighted by atomic mass is 10.2. The Morgan fingerprint density at radius 2 is 1.85 bits per heavy atom. The zero-order valence-corrected chi connectivity index (χ0v) is 13.5. The lowest BCUT2D eigenvalue weighted by molar-refractivity contribution is -0.133. The Bertz CT molecular complexity index is 555. The first-order valence-electron chi connectivity index (χ1n) is 6.14. The van der Waals surface area contributed by atoms with Crippen molar-refractivity contribution in [3.05, 3.63) is 0 Å². The standard InChI is InChI=1S/C10H21N3O5S2/c1-12(2)10(14)9-8-11-4-5-13(9)20(17,18)7-6-19(3,15)16/h9,11H,4-8H2,1-3H3. The van der Waals surface area contributed by atoms with Crippen LogP contribution in [0.2, 0.25) is 0 Å². The second-order valence-electron chi connectivity index (χ2n) is 5.01. The molecule has 0 aromatic carbocycles. The van der Waals surface area contributed by atoms with Crippen molar-refractivity contribution < 1.29 is 21.6 Å². The van der Waals surface area contributed by atoms with E-state index >= 15 is 0 Å². The highest BCUT2D eigenvalue weighted by molar-refractivity contribution is 7.93. The number of rotatable bonds is 5. The molecule has 0 aliphatic carbocycles. The predicted molar refractivity (Wildman–Crippen MR) is 75.6 cm³/mol. The van der Waals surface area contributed by atoms with Gasteiger partial charge in [0, 0.05) is 40.0 Å². The zero-order chi connectivity index (χ0) is 15.6. The zero-order valence-electron chi connectivity index (χ0n) is 11.9. The fourth-order valence-corrected chi connectivity index (χ4v) is 5.11. The van der Waals surface area contributed by atoms with Crippen molar-refractivity contribution in [2.45, 2.75) is 6.04 Å². The van der Waals surface area contributed by atoms with Crippen LogP contribution >= 0.6 is 0 Å². The van der Waals surface area contributed by atoms with Crippen molar-refractivity contribution in [3.63, 3.8) is 0 Å². The van der Waals surface area contributed by atoms with E-state index in [4.69, 9.17) is 0 Å². The second kappa shape index (κ2) is 6.37. The van der Waals surface area contributed by atoms with Gasteiger partial charge in [0.05, 0.1) is 11.5 Å². The van der Waals surface area contributed by atoms with Gasteiger partial charge >= 0.3 is 0 Å². The third kappa shape index (κ3) is 4.69. The number of sulfone groups is 1. The summed E-state index contributed by atoms with van der Waals surface area (Å²) < 4.78 is 47.8. The fraction of sp³-hybridized carbons (Fsp3) is 0.900. The second-order valence-corrected chi connectivity index (χ2v) is 9.31. The van der Waals surface area contributed by atoms with Crippen LogP contribution in [-0.2, 0) is 24.7 Å². The number of piperazine rings is 1. The molecule has 0 bridgehead atoms. The first-order chi connectivity index (χ1) is 9.04. The monoisotopic (exact) mass is 327 g/mol. The highest BCUT2D eigenvalue weighted by atomic mass is 32.2. The van der Waals surface area contributed by atoms with Crippen molar-refractivity contribution in [1.82, 2.24) is 14.5 Å². The van der Waals surface area contributed by atoms with E-state index in [0.29, 0.717) is 6.54 Å². The molecule has 1 N–H and O–H groups in total. The summed E-state index contributed by atoms with van der Waals surface area (Å²) in [5.41, 5.74) is 0. The number of hydrogen-bond acceptors (Lipinski definition) is 6. The molecule has 1 aliphatic rings. The van der Waals surface area contributed by atoms with Gasteiger partial charge < -0.3 is 10.2 Å². The molecule has 0 radical (unpaired) electrons. The minimum atomic E-state index is -3.78. The van der Waals surface area contributed by atoms with Crippen LogP contribution in [0.25, 0.3) is 0 Å². The molecule has 1 rings (SSSR count). The fourth-order valence-electron chi connectivity index (χ4n) is 1.90. The summed E-state index contributed by atoms with van der Waals surface area (Å²) in [4.78, 5) is 13.3. The Kier molecular flexibility index (Phi) is 5.53. The number of carbonyl (C=O) groups excluding carboxylic acids is 1. The SMILES string of the molecule is CN(C)C(=O)C1CNCCN1S(=O)(=O)CCS(C)(=O)=O. The molecule has 0 aromatic heterocycles. The Labute approximate surface area is 120 Å². The maximum absolute atomic E-state index is 12.2. The van der Waals surface area contributed by atoms with Gasteiger partial charge in [-0.25, -0.2) is 16.8 Å². The number of sulfonamides is 1. The van der Waals surface area contributed by atoms with E-state index in [9.17, 15) is 21.6 Å². The van der Waals surface area contributed by atoms with E-state index in [0.717, 1.165) is 10.6 Å². The molecular formula is C10H21N3O5S2. The van der Waals surface area contributed by atoms with Crippen LogP contribution in [-0.4, -0.2) is 89.5 Å². The lowest BCUT2D eigenvalue weighted by Gasteiger charge is -2.35. The highest BCUT2D eigenvalue weighted by Crippen LogP contribution is 2.13. The molecule has 1 aliphatic heterocycles. The minimum absolute atomic E-state index is 0.163. The molecule has 8 nitrogen and oxygen atoms in total. The molecule has 118 valence electrons. The van der Waals surface area contributed by atoms with Crippen LogP contribution in [0.4, 0.5) is 0 Å². The molecule has 0 aromatic rings. The Morgan fingerprint density at radius 1 is 1.25 bits per heavy atom. The molecule has 1 atom stereocenters. The van der Waals surface area contributed by atoms with Crippen LogP contribution in [0.5, 0.6) is 0 Å². The Balaban J connectivity index is 2.91. The van der Waals surface area contributed by atoms with Gasteiger partial charge in [0.1, 0.15) is 15.9 Å². The largest absolute Gasteiger partial charge is 0.347 e. The molecule has 0 spiro atoms. The summed E-state index contributed by atoms with van der Waals surface area (Å²) in [6.07, 6.45) is 0.989. The van der Waals surface area contributed by atoms with Gasteiger partial charge in [-0.05, 0) is 0 Å². The number of amides is 1. The van der Waals surface area contributed by atoms with Gasteiger partial charge in [0.2, 0.25) is 15.9 Å². The summed E-state index contributed by atoms with van der Waals surface area (Å²) in [5, 5.41) is 2.97. The predicted octanol–water partition coefficient (Wildman–Crippen LogP) is -2.28. The Morgan fingerprint density at radius 3 is 2.35 bits per heavy atom. The van der Waals surface area contributed by atoms with Gasteiger partial charge in [-0.3, -0.25) is 4.79 Å². The van der Waals surface area contributed by atoms with Gasteiger partial charge in [-0.1, -0.05) is 0 Å². The summed E-state index contributed by atoms with van der Waals surface area (Å²) >= 11 is 0. The number of carbonyl (C=O) groups is 1. The van der Waals surface area contributed by atoms with Crippen molar-refractivity contribution in [3.8, 4) is 0 Å². The molecular weight excluding hydrogens is 306 g/mol. The molecule has 0 saturated carbocycles. The molecule has 1 saturated heterocycles. The summed E-state index contributed by atoms with van der Waals surface area (Å²) in [5.74, 6) is -1.26. The van der Waals surface area contributed by atoms with E-state index in [1.165, 1.54) is 4.90 Å². The van der Waals surface area contributed by atoms with Gasteiger partial charge in [0.15, 0.2) is 0 Å². The number of nitrogens with zero attached hydrogens (tertiary/aromatic N) is 2. The maximum atomic E-state index is 12.2. The summed E-state index contributed by atoms with van der Waals surface area (Å²) in [6.45, 7) is 0.834. The maximum Gasteiger partial charge on any atom is 0.241 e. The molecule has 1 unspecified atom stereocenters. The van der Waals surface area contributed by atoms with Crippen molar-refractivity contribution in [2.24, 2.45) is 0 Å². The first-order valence-corrected chi connectivity index (χ1v) is 9.81. The first kappa shape index (κ1) is 17.3. The Hall–Kier alpha value is -0.710. The molecule has 1 fully saturated rings. The third-order valence-electron chi connectivity index (χ3n) is 2.99. The lowest BCUT2D eigenvalue weighted by Crippen LogP contribution is -2.59. The summed E-state index contributed by atoms with van der Waals surface area (Å²) in [7, 11) is -4.04. The molecule has 1 heterocycles. The quantitative estimate of drug-likeness (QED) is 0.610. The normalized spacial score (nSPS) is 21.6. The van der Waals surface area contributed by atoms with E-state index in [1.807, 2.05) is 0 Å². The molecule has 10 heteroatoms. The van der Waals surface area contributed by atoms with E-state index in [-0.39, 0.29) is 19.0 Å². The van der Waals surface area contributed by atoms with Gasteiger partial charge in [-0.15, -0.1) is 0 Å². The van der Waals surface area contributed by atoms with Crippen LogP contribution in [0.15, 0.2) is 0 Å². The highest BCUT2D eigenvalue weighted by Gasteiger charge is 2.37. The van der Waals surface area contributed by atoms with Gasteiger partial charge in [0.25, 0.3) is 0 Å². The van der Waals surface area contributed by atoms with Crippen LogP contribution in [0.3, 0.4) is 0 Å². The summed E-state index contributed by atoms with van der Waals surface area (Å²) in [6, 6.07) is -0.816. The topological polar surface area (TPSA) is 104 Å². The van der Waals surface area contributed by atoms with Gasteiger partial charge in [-0.2, -0.15) is 4.31 Å². The third-order valence-corrected chi connectivity index (χ3v) is 6.07.